The van der Waals surface area contributed by atoms with Gasteiger partial charge in [0, 0.05) is 19.2 Å². The molecule has 7 heteroatoms. The van der Waals surface area contributed by atoms with Crippen molar-refractivity contribution in [1.29, 1.82) is 0 Å². The zero-order chi connectivity index (χ0) is 15.3. The van der Waals surface area contributed by atoms with Crippen LogP contribution in [0.1, 0.15) is 38.9 Å². The van der Waals surface area contributed by atoms with Crippen molar-refractivity contribution in [3.05, 3.63) is 17.9 Å². The van der Waals surface area contributed by atoms with Gasteiger partial charge in [-0.3, -0.25) is 0 Å². The molecule has 0 bridgehead atoms. The average molecular weight is 316 g/mol. The molecule has 2 rings (SSSR count). The Balaban J connectivity index is 1.89. The molecule has 6 nitrogen and oxygen atoms in total. The first kappa shape index (κ1) is 16.5. The lowest BCUT2D eigenvalue weighted by Gasteiger charge is -2.22. The molecule has 1 aromatic rings. The Labute approximate surface area is 126 Å². The zero-order valence-electron chi connectivity index (χ0n) is 12.6. The van der Waals surface area contributed by atoms with Gasteiger partial charge in [0.1, 0.15) is 5.76 Å². The highest BCUT2D eigenvalue weighted by atomic mass is 32.2. The summed E-state index contributed by atoms with van der Waals surface area (Å²) in [4.78, 5) is 0. The molecular formula is C14H24N2O4S. The molecule has 1 aliphatic rings. The van der Waals surface area contributed by atoms with Crippen LogP contribution in [-0.2, 0) is 21.3 Å². The van der Waals surface area contributed by atoms with E-state index >= 15 is 0 Å². The lowest BCUT2D eigenvalue weighted by molar-refractivity contribution is 0.0200. The molecule has 1 saturated heterocycles. The largest absolute Gasteiger partial charge is 0.447 e. The van der Waals surface area contributed by atoms with Gasteiger partial charge >= 0.3 is 0 Å². The molecule has 2 heterocycles. The highest BCUT2D eigenvalue weighted by Crippen LogP contribution is 2.16. The Kier molecular flexibility index (Phi) is 5.80. The summed E-state index contributed by atoms with van der Waals surface area (Å²) >= 11 is 0. The Morgan fingerprint density at radius 2 is 2.14 bits per heavy atom. The molecule has 1 atom stereocenters. The van der Waals surface area contributed by atoms with E-state index in [9.17, 15) is 8.42 Å². The van der Waals surface area contributed by atoms with E-state index in [0.29, 0.717) is 31.5 Å². The minimum Gasteiger partial charge on any atom is -0.447 e. The van der Waals surface area contributed by atoms with Gasteiger partial charge in [0.25, 0.3) is 10.0 Å². The summed E-state index contributed by atoms with van der Waals surface area (Å²) in [6, 6.07) is 3.49. The molecule has 1 fully saturated rings. The van der Waals surface area contributed by atoms with Crippen LogP contribution in [0.15, 0.2) is 21.6 Å². The van der Waals surface area contributed by atoms with E-state index < -0.39 is 10.0 Å². The summed E-state index contributed by atoms with van der Waals surface area (Å²) in [5, 5.41) is 3.14. The Bertz CT molecular complexity index is 533. The predicted octanol–water partition coefficient (Wildman–Crippen LogP) is 1.62. The summed E-state index contributed by atoms with van der Waals surface area (Å²) in [7, 11) is -3.60. The van der Waals surface area contributed by atoms with E-state index in [0.717, 1.165) is 19.3 Å². The Morgan fingerprint density at radius 1 is 1.33 bits per heavy atom. The molecule has 2 N–H and O–H groups in total. The predicted molar refractivity (Wildman–Crippen MR) is 79.5 cm³/mol. The highest BCUT2D eigenvalue weighted by Gasteiger charge is 2.22. The van der Waals surface area contributed by atoms with Crippen LogP contribution >= 0.6 is 0 Å². The van der Waals surface area contributed by atoms with Crippen molar-refractivity contribution in [2.45, 2.75) is 56.9 Å². The number of hydrogen-bond acceptors (Lipinski definition) is 5. The normalized spacial score (nSPS) is 20.0. The monoisotopic (exact) mass is 316 g/mol. The number of ether oxygens (including phenoxy) is 1. The van der Waals surface area contributed by atoms with Crippen molar-refractivity contribution in [3.8, 4) is 0 Å². The maximum absolute atomic E-state index is 12.1. The van der Waals surface area contributed by atoms with Crippen molar-refractivity contribution >= 4 is 10.0 Å². The smallest absolute Gasteiger partial charge is 0.274 e. The van der Waals surface area contributed by atoms with E-state index in [1.54, 1.807) is 6.07 Å². The molecule has 0 aliphatic carbocycles. The Morgan fingerprint density at radius 3 is 2.81 bits per heavy atom. The average Bonchev–Trinajstić information content (AvgIpc) is 2.94. The van der Waals surface area contributed by atoms with Crippen LogP contribution in [0.2, 0.25) is 0 Å². The highest BCUT2D eigenvalue weighted by molar-refractivity contribution is 7.89. The standard InChI is InChI=1S/C14H24N2O4S/c1-11(2)15-9-13-6-7-14(20-13)21(17,18)16-10-12-5-3-4-8-19-12/h6-7,11-12,15-16H,3-5,8-10H2,1-2H3. The van der Waals surface area contributed by atoms with Crippen LogP contribution in [0.25, 0.3) is 0 Å². The van der Waals surface area contributed by atoms with Gasteiger partial charge in [-0.25, -0.2) is 13.1 Å². The van der Waals surface area contributed by atoms with Gasteiger partial charge in [-0.2, -0.15) is 0 Å². The van der Waals surface area contributed by atoms with Crippen molar-refractivity contribution < 1.29 is 17.6 Å². The number of furan rings is 1. The van der Waals surface area contributed by atoms with E-state index in [4.69, 9.17) is 9.15 Å². The topological polar surface area (TPSA) is 80.6 Å². The number of nitrogens with one attached hydrogen (secondary N) is 2. The van der Waals surface area contributed by atoms with Gasteiger partial charge in [-0.15, -0.1) is 0 Å². The van der Waals surface area contributed by atoms with E-state index in [2.05, 4.69) is 10.0 Å². The summed E-state index contributed by atoms with van der Waals surface area (Å²) < 4.78 is 37.7. The van der Waals surface area contributed by atoms with Crippen molar-refractivity contribution in [3.63, 3.8) is 0 Å². The summed E-state index contributed by atoms with van der Waals surface area (Å²) in [6.45, 7) is 5.55. The fourth-order valence-electron chi connectivity index (χ4n) is 2.14. The van der Waals surface area contributed by atoms with Gasteiger partial charge in [0.2, 0.25) is 5.09 Å². The third-order valence-corrected chi connectivity index (χ3v) is 4.66. The van der Waals surface area contributed by atoms with Gasteiger partial charge in [0.05, 0.1) is 12.6 Å². The fourth-order valence-corrected chi connectivity index (χ4v) is 3.16. The zero-order valence-corrected chi connectivity index (χ0v) is 13.4. The van der Waals surface area contributed by atoms with Crippen molar-refractivity contribution in [2.75, 3.05) is 13.2 Å². The lowest BCUT2D eigenvalue weighted by atomic mass is 10.1. The van der Waals surface area contributed by atoms with Gasteiger partial charge in [0.15, 0.2) is 0 Å². The van der Waals surface area contributed by atoms with E-state index in [-0.39, 0.29) is 11.2 Å². The van der Waals surface area contributed by atoms with Crippen LogP contribution < -0.4 is 10.0 Å². The third-order valence-electron chi connectivity index (χ3n) is 3.36. The lowest BCUT2D eigenvalue weighted by Crippen LogP contribution is -2.35. The summed E-state index contributed by atoms with van der Waals surface area (Å²) in [5.41, 5.74) is 0. The molecule has 0 aromatic carbocycles. The van der Waals surface area contributed by atoms with Crippen LogP contribution in [0.3, 0.4) is 0 Å². The molecule has 0 amide bonds. The van der Waals surface area contributed by atoms with Crippen molar-refractivity contribution in [2.24, 2.45) is 0 Å². The van der Waals surface area contributed by atoms with Crippen LogP contribution in [0, 0.1) is 0 Å². The molecule has 0 spiro atoms. The molecule has 1 aliphatic heterocycles. The number of hydrogen-bond donors (Lipinski definition) is 2. The fraction of sp³-hybridized carbons (Fsp3) is 0.714. The molecular weight excluding hydrogens is 292 g/mol. The SMILES string of the molecule is CC(C)NCc1ccc(S(=O)(=O)NCC2CCCCO2)o1. The first-order valence-electron chi connectivity index (χ1n) is 7.41. The second kappa shape index (κ2) is 7.40. The molecule has 21 heavy (non-hydrogen) atoms. The van der Waals surface area contributed by atoms with Crippen molar-refractivity contribution in [1.82, 2.24) is 10.0 Å². The first-order valence-corrected chi connectivity index (χ1v) is 8.89. The summed E-state index contributed by atoms with van der Waals surface area (Å²) in [5.74, 6) is 0.609. The molecule has 0 saturated carbocycles. The van der Waals surface area contributed by atoms with E-state index in [1.165, 1.54) is 6.07 Å². The first-order chi connectivity index (χ1) is 9.97. The third kappa shape index (κ3) is 5.10. The molecule has 120 valence electrons. The minimum atomic E-state index is -3.60. The maximum atomic E-state index is 12.1. The number of rotatable bonds is 7. The molecule has 0 radical (unpaired) electrons. The van der Waals surface area contributed by atoms with Crippen LogP contribution in [0.5, 0.6) is 0 Å². The molecule has 1 unspecified atom stereocenters. The number of sulfonamides is 1. The summed E-state index contributed by atoms with van der Waals surface area (Å²) in [6.07, 6.45) is 2.99. The van der Waals surface area contributed by atoms with Gasteiger partial charge < -0.3 is 14.5 Å². The second-order valence-corrected chi connectivity index (χ2v) is 7.29. The van der Waals surface area contributed by atoms with Crippen LogP contribution in [0.4, 0.5) is 0 Å². The maximum Gasteiger partial charge on any atom is 0.274 e. The van der Waals surface area contributed by atoms with E-state index in [1.807, 2.05) is 13.8 Å². The molecule has 1 aromatic heterocycles. The second-order valence-electron chi connectivity index (χ2n) is 5.60. The van der Waals surface area contributed by atoms with Gasteiger partial charge in [-0.05, 0) is 31.4 Å². The van der Waals surface area contributed by atoms with Crippen LogP contribution in [-0.4, -0.2) is 33.7 Å². The quantitative estimate of drug-likeness (QED) is 0.799. The minimum absolute atomic E-state index is 0.0365. The van der Waals surface area contributed by atoms with Gasteiger partial charge in [-0.1, -0.05) is 13.8 Å². The Hall–Kier alpha value is -0.890.